The maximum atomic E-state index is 12.5. The molecule has 0 saturated carbocycles. The number of nitrogens with zero attached hydrogens (tertiary/aromatic N) is 2. The van der Waals surface area contributed by atoms with E-state index < -0.39 is 5.91 Å². The highest BCUT2D eigenvalue weighted by Crippen LogP contribution is 2.24. The SMILES string of the molecule is CCOc1ccc(-n2c(C)cc(/C=C(/C#N)C(=O)Nc3ccccc3)c2C)cc1. The van der Waals surface area contributed by atoms with Crippen LogP contribution in [0.4, 0.5) is 5.69 Å². The number of nitriles is 1. The summed E-state index contributed by atoms with van der Waals surface area (Å²) in [5, 5.41) is 12.3. The van der Waals surface area contributed by atoms with Gasteiger partial charge in [0.15, 0.2) is 0 Å². The molecule has 0 atom stereocenters. The van der Waals surface area contributed by atoms with Crippen LogP contribution in [0.5, 0.6) is 5.75 Å². The number of carbonyl (C=O) groups is 1. The quantitative estimate of drug-likeness (QED) is 0.477. The topological polar surface area (TPSA) is 67.0 Å². The summed E-state index contributed by atoms with van der Waals surface area (Å²) in [5.74, 6) is 0.396. The van der Waals surface area contributed by atoms with E-state index in [1.165, 1.54) is 0 Å². The standard InChI is InChI=1S/C24H23N3O2/c1-4-29-23-12-10-22(11-13-23)27-17(2)14-19(18(27)3)15-20(16-25)24(28)26-21-8-6-5-7-9-21/h5-15H,4H2,1-3H3,(H,26,28)/b20-15-. The van der Waals surface area contributed by atoms with Crippen LogP contribution in [-0.2, 0) is 4.79 Å². The summed E-state index contributed by atoms with van der Waals surface area (Å²) >= 11 is 0. The van der Waals surface area contributed by atoms with Gasteiger partial charge in [0, 0.05) is 22.8 Å². The van der Waals surface area contributed by atoms with Crippen LogP contribution in [0.2, 0.25) is 0 Å². The van der Waals surface area contributed by atoms with E-state index in [1.54, 1.807) is 18.2 Å². The molecule has 0 saturated heterocycles. The van der Waals surface area contributed by atoms with Gasteiger partial charge in [0.2, 0.25) is 0 Å². The maximum Gasteiger partial charge on any atom is 0.266 e. The Kier molecular flexibility index (Phi) is 6.16. The van der Waals surface area contributed by atoms with E-state index in [9.17, 15) is 10.1 Å². The lowest BCUT2D eigenvalue weighted by molar-refractivity contribution is -0.112. The average Bonchev–Trinajstić information content (AvgIpc) is 3.00. The lowest BCUT2D eigenvalue weighted by atomic mass is 10.1. The van der Waals surface area contributed by atoms with E-state index in [1.807, 2.05) is 75.4 Å². The Morgan fingerprint density at radius 1 is 1.14 bits per heavy atom. The summed E-state index contributed by atoms with van der Waals surface area (Å²) < 4.78 is 7.59. The molecule has 0 radical (unpaired) electrons. The molecule has 0 fully saturated rings. The third kappa shape index (κ3) is 4.56. The number of anilines is 1. The number of nitrogens with one attached hydrogen (secondary N) is 1. The summed E-state index contributed by atoms with van der Waals surface area (Å²) in [6.07, 6.45) is 1.63. The number of aromatic nitrogens is 1. The summed E-state index contributed by atoms with van der Waals surface area (Å²) in [7, 11) is 0. The van der Waals surface area contributed by atoms with Crippen molar-refractivity contribution >= 4 is 17.7 Å². The normalized spacial score (nSPS) is 11.0. The molecule has 1 aromatic heterocycles. The first-order chi connectivity index (χ1) is 14.0. The summed E-state index contributed by atoms with van der Waals surface area (Å²) in [6.45, 7) is 6.54. The number of aryl methyl sites for hydroxylation is 1. The number of hydrogen-bond acceptors (Lipinski definition) is 3. The number of hydrogen-bond donors (Lipinski definition) is 1. The van der Waals surface area contributed by atoms with Gasteiger partial charge in [-0.2, -0.15) is 5.26 Å². The minimum atomic E-state index is -0.426. The molecule has 0 aliphatic heterocycles. The largest absolute Gasteiger partial charge is 0.494 e. The van der Waals surface area contributed by atoms with E-state index >= 15 is 0 Å². The molecule has 0 aliphatic rings. The fourth-order valence-corrected chi connectivity index (χ4v) is 3.21. The van der Waals surface area contributed by atoms with E-state index in [0.717, 1.165) is 28.4 Å². The summed E-state index contributed by atoms with van der Waals surface area (Å²) in [5.41, 5.74) is 4.50. The molecule has 1 amide bonds. The molecule has 1 heterocycles. The van der Waals surface area contributed by atoms with Crippen molar-refractivity contribution in [3.05, 3.63) is 83.2 Å². The fourth-order valence-electron chi connectivity index (χ4n) is 3.21. The first-order valence-electron chi connectivity index (χ1n) is 9.44. The van der Waals surface area contributed by atoms with Crippen molar-refractivity contribution in [1.82, 2.24) is 4.57 Å². The first kappa shape index (κ1) is 20.0. The Balaban J connectivity index is 1.90. The Hall–Kier alpha value is -3.78. The Morgan fingerprint density at radius 2 is 1.83 bits per heavy atom. The van der Waals surface area contributed by atoms with Crippen molar-refractivity contribution in [3.63, 3.8) is 0 Å². The van der Waals surface area contributed by atoms with Crippen molar-refractivity contribution in [3.8, 4) is 17.5 Å². The van der Waals surface area contributed by atoms with Crippen LogP contribution in [0.25, 0.3) is 11.8 Å². The van der Waals surface area contributed by atoms with E-state index in [0.29, 0.717) is 12.3 Å². The highest BCUT2D eigenvalue weighted by molar-refractivity contribution is 6.09. The van der Waals surface area contributed by atoms with Gasteiger partial charge in [0.05, 0.1) is 6.61 Å². The molecular formula is C24H23N3O2. The molecule has 29 heavy (non-hydrogen) atoms. The van der Waals surface area contributed by atoms with E-state index in [2.05, 4.69) is 9.88 Å². The predicted molar refractivity (Wildman–Crippen MR) is 115 cm³/mol. The highest BCUT2D eigenvalue weighted by Gasteiger charge is 2.14. The zero-order chi connectivity index (χ0) is 20.8. The number of carbonyl (C=O) groups excluding carboxylic acids is 1. The number of para-hydroxylation sites is 1. The van der Waals surface area contributed by atoms with E-state index in [4.69, 9.17) is 4.74 Å². The average molecular weight is 385 g/mol. The van der Waals surface area contributed by atoms with Gasteiger partial charge in [-0.3, -0.25) is 4.79 Å². The van der Waals surface area contributed by atoms with Gasteiger partial charge in [-0.05, 0) is 74.9 Å². The van der Waals surface area contributed by atoms with Gasteiger partial charge in [0.1, 0.15) is 17.4 Å². The first-order valence-corrected chi connectivity index (χ1v) is 9.44. The van der Waals surface area contributed by atoms with Crippen LogP contribution >= 0.6 is 0 Å². The fraction of sp³-hybridized carbons (Fsp3) is 0.167. The smallest absolute Gasteiger partial charge is 0.266 e. The molecule has 0 spiro atoms. The summed E-state index contributed by atoms with van der Waals surface area (Å²) in [6, 6.07) is 20.9. The minimum absolute atomic E-state index is 0.0563. The maximum absolute atomic E-state index is 12.5. The minimum Gasteiger partial charge on any atom is -0.494 e. The van der Waals surface area contributed by atoms with Crippen LogP contribution in [0.1, 0.15) is 23.9 Å². The molecular weight excluding hydrogens is 362 g/mol. The molecule has 0 bridgehead atoms. The van der Waals surface area contributed by atoms with Gasteiger partial charge in [-0.25, -0.2) is 0 Å². The predicted octanol–water partition coefficient (Wildman–Crippen LogP) is 5.04. The van der Waals surface area contributed by atoms with E-state index in [-0.39, 0.29) is 5.57 Å². The lowest BCUT2D eigenvalue weighted by Gasteiger charge is -2.11. The molecule has 5 heteroatoms. The molecule has 3 rings (SSSR count). The van der Waals surface area contributed by atoms with Crippen molar-refractivity contribution in [2.75, 3.05) is 11.9 Å². The zero-order valence-corrected chi connectivity index (χ0v) is 16.8. The molecule has 146 valence electrons. The number of ether oxygens (including phenoxy) is 1. The van der Waals surface area contributed by atoms with Gasteiger partial charge in [-0.1, -0.05) is 18.2 Å². The number of benzene rings is 2. The van der Waals surface area contributed by atoms with Crippen LogP contribution in [-0.4, -0.2) is 17.1 Å². The van der Waals surface area contributed by atoms with Crippen LogP contribution in [0.15, 0.2) is 66.2 Å². The molecule has 1 N–H and O–H groups in total. The van der Waals surface area contributed by atoms with Crippen LogP contribution in [0.3, 0.4) is 0 Å². The van der Waals surface area contributed by atoms with Crippen molar-refractivity contribution in [2.24, 2.45) is 0 Å². The Morgan fingerprint density at radius 3 is 2.45 bits per heavy atom. The van der Waals surface area contributed by atoms with Crippen molar-refractivity contribution < 1.29 is 9.53 Å². The van der Waals surface area contributed by atoms with Gasteiger partial charge < -0.3 is 14.6 Å². The Labute approximate surface area is 170 Å². The second kappa shape index (κ2) is 8.94. The molecule has 0 aliphatic carbocycles. The third-order valence-corrected chi connectivity index (χ3v) is 4.57. The zero-order valence-electron chi connectivity index (χ0n) is 16.8. The Bertz CT molecular complexity index is 1070. The second-order valence-electron chi connectivity index (χ2n) is 6.58. The molecule has 5 nitrogen and oxygen atoms in total. The number of amides is 1. The third-order valence-electron chi connectivity index (χ3n) is 4.57. The van der Waals surface area contributed by atoms with Gasteiger partial charge >= 0.3 is 0 Å². The van der Waals surface area contributed by atoms with Crippen molar-refractivity contribution in [1.29, 1.82) is 5.26 Å². The van der Waals surface area contributed by atoms with Crippen molar-refractivity contribution in [2.45, 2.75) is 20.8 Å². The number of rotatable bonds is 6. The lowest BCUT2D eigenvalue weighted by Crippen LogP contribution is -2.13. The highest BCUT2D eigenvalue weighted by atomic mass is 16.5. The second-order valence-corrected chi connectivity index (χ2v) is 6.58. The summed E-state index contributed by atoms with van der Waals surface area (Å²) in [4.78, 5) is 12.5. The van der Waals surface area contributed by atoms with Crippen LogP contribution < -0.4 is 10.1 Å². The monoisotopic (exact) mass is 385 g/mol. The van der Waals surface area contributed by atoms with Crippen LogP contribution in [0, 0.1) is 25.2 Å². The van der Waals surface area contributed by atoms with Gasteiger partial charge in [0.25, 0.3) is 5.91 Å². The van der Waals surface area contributed by atoms with Gasteiger partial charge in [-0.15, -0.1) is 0 Å². The molecule has 2 aromatic carbocycles. The molecule has 3 aromatic rings. The molecule has 0 unspecified atom stereocenters.